The Morgan fingerprint density at radius 3 is 2.26 bits per heavy atom. The largest absolute Gasteiger partial charge is 0.466 e. The highest BCUT2D eigenvalue weighted by atomic mass is 32.2. The highest BCUT2D eigenvalue weighted by molar-refractivity contribution is 7.91. The summed E-state index contributed by atoms with van der Waals surface area (Å²) in [5, 5.41) is 0. The van der Waals surface area contributed by atoms with Crippen molar-refractivity contribution in [2.45, 2.75) is 58.3 Å². The van der Waals surface area contributed by atoms with Crippen molar-refractivity contribution in [1.82, 2.24) is 0 Å². The molecule has 0 heterocycles. The first-order chi connectivity index (χ1) is 10.7. The summed E-state index contributed by atoms with van der Waals surface area (Å²) < 4.78 is 29.5. The summed E-state index contributed by atoms with van der Waals surface area (Å²) >= 11 is 0. The topological polar surface area (TPSA) is 60.4 Å². The Bertz CT molecular complexity index is 600. The van der Waals surface area contributed by atoms with Crippen LogP contribution in [0.1, 0.15) is 52.0 Å². The predicted octanol–water partition coefficient (Wildman–Crippen LogP) is 3.92. The molecule has 1 aromatic rings. The molecule has 1 rings (SSSR count). The van der Waals surface area contributed by atoms with Crippen LogP contribution in [0.5, 0.6) is 0 Å². The molecule has 0 aliphatic carbocycles. The van der Waals surface area contributed by atoms with Gasteiger partial charge in [-0.25, -0.2) is 8.42 Å². The molecule has 0 bridgehead atoms. The molecular formula is C18H28O4S. The van der Waals surface area contributed by atoms with Crippen LogP contribution in [0, 0.1) is 12.3 Å². The van der Waals surface area contributed by atoms with Crippen molar-refractivity contribution in [1.29, 1.82) is 0 Å². The monoisotopic (exact) mass is 340 g/mol. The summed E-state index contributed by atoms with van der Waals surface area (Å²) in [5.41, 5.74) is 0.538. The predicted molar refractivity (Wildman–Crippen MR) is 92.1 cm³/mol. The van der Waals surface area contributed by atoms with E-state index in [0.29, 0.717) is 24.3 Å². The normalized spacial score (nSPS) is 12.2. The van der Waals surface area contributed by atoms with Crippen molar-refractivity contribution in [3.05, 3.63) is 29.8 Å². The Morgan fingerprint density at radius 2 is 1.70 bits per heavy atom. The number of carbonyl (C=O) groups excluding carboxylic acids is 1. The zero-order valence-electron chi connectivity index (χ0n) is 14.6. The maximum absolute atomic E-state index is 12.2. The molecule has 130 valence electrons. The van der Waals surface area contributed by atoms with Crippen molar-refractivity contribution < 1.29 is 17.9 Å². The molecular weight excluding hydrogens is 312 g/mol. The molecule has 0 N–H and O–H groups in total. The standard InChI is InChI=1S/C18H28O4S/c1-5-22-17(19)18(3,4)13-7-6-8-14-23(20,21)16-11-9-15(2)10-12-16/h9-12H,5-8,13-14H2,1-4H3. The van der Waals surface area contributed by atoms with Crippen LogP contribution >= 0.6 is 0 Å². The van der Waals surface area contributed by atoms with Crippen LogP contribution in [0.15, 0.2) is 29.2 Å². The lowest BCUT2D eigenvalue weighted by Gasteiger charge is -2.21. The summed E-state index contributed by atoms with van der Waals surface area (Å²) in [6.45, 7) is 7.85. The minimum Gasteiger partial charge on any atom is -0.466 e. The van der Waals surface area contributed by atoms with Gasteiger partial charge in [0.25, 0.3) is 0 Å². The van der Waals surface area contributed by atoms with Gasteiger partial charge in [0, 0.05) is 0 Å². The Kier molecular flexibility index (Phi) is 7.26. The molecule has 0 saturated carbocycles. The van der Waals surface area contributed by atoms with Crippen LogP contribution in [0.3, 0.4) is 0 Å². The number of esters is 1. The fourth-order valence-electron chi connectivity index (χ4n) is 2.33. The van der Waals surface area contributed by atoms with E-state index in [1.807, 2.05) is 32.9 Å². The molecule has 0 aromatic heterocycles. The van der Waals surface area contributed by atoms with Crippen LogP contribution in [0.25, 0.3) is 0 Å². The van der Waals surface area contributed by atoms with E-state index in [0.717, 1.165) is 18.4 Å². The molecule has 0 amide bonds. The van der Waals surface area contributed by atoms with Crippen molar-refractivity contribution in [2.75, 3.05) is 12.4 Å². The van der Waals surface area contributed by atoms with Crippen LogP contribution in [0.4, 0.5) is 0 Å². The lowest BCUT2D eigenvalue weighted by molar-refractivity contribution is -0.153. The minimum atomic E-state index is -3.21. The summed E-state index contributed by atoms with van der Waals surface area (Å²) in [5.74, 6) is -0.0390. The zero-order chi connectivity index (χ0) is 17.5. The second-order valence-corrected chi connectivity index (χ2v) is 8.66. The number of carbonyl (C=O) groups is 1. The molecule has 0 radical (unpaired) electrons. The van der Waals surface area contributed by atoms with E-state index >= 15 is 0 Å². The fourth-order valence-corrected chi connectivity index (χ4v) is 3.70. The number of aryl methyl sites for hydroxylation is 1. The second kappa shape index (κ2) is 8.48. The van der Waals surface area contributed by atoms with E-state index in [2.05, 4.69) is 0 Å². The van der Waals surface area contributed by atoms with Gasteiger partial charge in [0.2, 0.25) is 0 Å². The third kappa shape index (κ3) is 6.34. The number of hydrogen-bond donors (Lipinski definition) is 0. The van der Waals surface area contributed by atoms with E-state index in [-0.39, 0.29) is 11.7 Å². The Hall–Kier alpha value is -1.36. The zero-order valence-corrected chi connectivity index (χ0v) is 15.4. The molecule has 0 saturated heterocycles. The first kappa shape index (κ1) is 19.7. The van der Waals surface area contributed by atoms with E-state index in [1.54, 1.807) is 19.1 Å². The van der Waals surface area contributed by atoms with Crippen molar-refractivity contribution in [2.24, 2.45) is 5.41 Å². The molecule has 0 aliphatic rings. The maximum atomic E-state index is 12.2. The lowest BCUT2D eigenvalue weighted by Crippen LogP contribution is -2.26. The summed E-state index contributed by atoms with van der Waals surface area (Å²) in [4.78, 5) is 12.2. The van der Waals surface area contributed by atoms with Gasteiger partial charge in [0.05, 0.1) is 22.7 Å². The highest BCUT2D eigenvalue weighted by Gasteiger charge is 2.28. The van der Waals surface area contributed by atoms with Gasteiger partial charge >= 0.3 is 5.97 Å². The van der Waals surface area contributed by atoms with Gasteiger partial charge in [-0.2, -0.15) is 0 Å². The van der Waals surface area contributed by atoms with Gasteiger partial charge in [-0.05, 0) is 52.7 Å². The van der Waals surface area contributed by atoms with Crippen molar-refractivity contribution in [3.63, 3.8) is 0 Å². The number of unbranched alkanes of at least 4 members (excludes halogenated alkanes) is 2. The third-order valence-corrected chi connectivity index (χ3v) is 5.74. The maximum Gasteiger partial charge on any atom is 0.311 e. The first-order valence-corrected chi connectivity index (χ1v) is 9.81. The third-order valence-electron chi connectivity index (χ3n) is 3.92. The number of hydrogen-bond acceptors (Lipinski definition) is 4. The fraction of sp³-hybridized carbons (Fsp3) is 0.611. The van der Waals surface area contributed by atoms with Gasteiger partial charge < -0.3 is 4.74 Å². The van der Waals surface area contributed by atoms with Crippen LogP contribution in [0.2, 0.25) is 0 Å². The molecule has 5 heteroatoms. The van der Waals surface area contributed by atoms with E-state index in [9.17, 15) is 13.2 Å². The van der Waals surface area contributed by atoms with Gasteiger partial charge in [-0.15, -0.1) is 0 Å². The molecule has 0 aliphatic heterocycles. The highest BCUT2D eigenvalue weighted by Crippen LogP contribution is 2.25. The van der Waals surface area contributed by atoms with Crippen LogP contribution in [-0.2, 0) is 19.4 Å². The molecule has 0 unspecified atom stereocenters. The molecule has 0 spiro atoms. The molecule has 4 nitrogen and oxygen atoms in total. The quantitative estimate of drug-likeness (QED) is 0.505. The molecule has 0 atom stereocenters. The average molecular weight is 340 g/mol. The van der Waals surface area contributed by atoms with Crippen LogP contribution < -0.4 is 0 Å². The van der Waals surface area contributed by atoms with Gasteiger partial charge in [-0.1, -0.05) is 30.5 Å². The van der Waals surface area contributed by atoms with E-state index < -0.39 is 15.3 Å². The Balaban J connectivity index is 2.40. The lowest BCUT2D eigenvalue weighted by atomic mass is 9.87. The number of rotatable bonds is 9. The van der Waals surface area contributed by atoms with Gasteiger partial charge in [-0.3, -0.25) is 4.79 Å². The first-order valence-electron chi connectivity index (χ1n) is 8.16. The van der Waals surface area contributed by atoms with Crippen molar-refractivity contribution >= 4 is 15.8 Å². The van der Waals surface area contributed by atoms with Crippen LogP contribution in [-0.4, -0.2) is 26.7 Å². The number of sulfone groups is 1. The number of benzene rings is 1. The molecule has 0 fully saturated rings. The smallest absolute Gasteiger partial charge is 0.311 e. The average Bonchev–Trinajstić information content (AvgIpc) is 2.47. The van der Waals surface area contributed by atoms with E-state index in [4.69, 9.17) is 4.74 Å². The summed E-state index contributed by atoms with van der Waals surface area (Å²) in [6.07, 6.45) is 2.91. The SMILES string of the molecule is CCOC(=O)C(C)(C)CCCCCS(=O)(=O)c1ccc(C)cc1. The minimum absolute atomic E-state index is 0.149. The summed E-state index contributed by atoms with van der Waals surface area (Å²) in [7, 11) is -3.21. The Morgan fingerprint density at radius 1 is 1.09 bits per heavy atom. The van der Waals surface area contributed by atoms with Crippen molar-refractivity contribution in [3.8, 4) is 0 Å². The summed E-state index contributed by atoms with van der Waals surface area (Å²) in [6, 6.07) is 6.95. The number of ether oxygens (including phenoxy) is 1. The van der Waals surface area contributed by atoms with Gasteiger partial charge in [0.15, 0.2) is 9.84 Å². The Labute approximate surface area is 140 Å². The van der Waals surface area contributed by atoms with Gasteiger partial charge in [0.1, 0.15) is 0 Å². The molecule has 23 heavy (non-hydrogen) atoms. The van der Waals surface area contributed by atoms with E-state index in [1.165, 1.54) is 0 Å². The molecule has 1 aromatic carbocycles. The second-order valence-electron chi connectivity index (χ2n) is 6.55.